The van der Waals surface area contributed by atoms with Crippen LogP contribution in [0.1, 0.15) is 32.0 Å². The zero-order valence-corrected chi connectivity index (χ0v) is 9.45. The van der Waals surface area contributed by atoms with Gasteiger partial charge in [0, 0.05) is 13.0 Å². The lowest BCUT2D eigenvalue weighted by atomic mass is 10.3. The molecule has 0 amide bonds. The van der Waals surface area contributed by atoms with Crippen LogP contribution in [0.15, 0.2) is 4.52 Å². The largest absolute Gasteiger partial charge is 0.372 e. The fraction of sp³-hybridized carbons (Fsp3) is 0.800. The predicted octanol–water partition coefficient (Wildman–Crippen LogP) is 1.15. The minimum atomic E-state index is 0.429. The van der Waals surface area contributed by atoms with E-state index in [2.05, 4.69) is 29.3 Å². The first-order chi connectivity index (χ1) is 7.36. The van der Waals surface area contributed by atoms with Crippen molar-refractivity contribution in [1.82, 2.24) is 15.5 Å². The summed E-state index contributed by atoms with van der Waals surface area (Å²) in [7, 11) is 0. The van der Waals surface area contributed by atoms with Crippen LogP contribution in [0.4, 0.5) is 0 Å². The minimum absolute atomic E-state index is 0.429. The van der Waals surface area contributed by atoms with Gasteiger partial charge in [-0.15, -0.1) is 0 Å². The molecule has 0 radical (unpaired) electrons. The summed E-state index contributed by atoms with van der Waals surface area (Å²) in [5.41, 5.74) is 0. The second-order valence-corrected chi connectivity index (χ2v) is 3.26. The third kappa shape index (κ3) is 4.90. The summed E-state index contributed by atoms with van der Waals surface area (Å²) in [4.78, 5) is 4.19. The zero-order chi connectivity index (χ0) is 10.9. The van der Waals surface area contributed by atoms with Crippen molar-refractivity contribution >= 4 is 0 Å². The highest BCUT2D eigenvalue weighted by atomic mass is 16.5. The molecule has 1 aromatic rings. The van der Waals surface area contributed by atoms with Crippen LogP contribution in [-0.2, 0) is 17.8 Å². The molecule has 1 heterocycles. The van der Waals surface area contributed by atoms with Crippen LogP contribution in [0.25, 0.3) is 0 Å². The molecule has 15 heavy (non-hydrogen) atoms. The molecule has 0 bridgehead atoms. The number of rotatable bonds is 8. The molecule has 5 heteroatoms. The Hall–Kier alpha value is -0.940. The van der Waals surface area contributed by atoms with E-state index in [0.29, 0.717) is 24.9 Å². The Labute approximate surface area is 90.2 Å². The van der Waals surface area contributed by atoms with Gasteiger partial charge < -0.3 is 14.6 Å². The van der Waals surface area contributed by atoms with Crippen molar-refractivity contribution in [3.8, 4) is 0 Å². The normalized spacial score (nSPS) is 10.8. The van der Waals surface area contributed by atoms with Gasteiger partial charge in [0.25, 0.3) is 0 Å². The van der Waals surface area contributed by atoms with Gasteiger partial charge in [-0.25, -0.2) is 0 Å². The van der Waals surface area contributed by atoms with E-state index in [1.165, 1.54) is 0 Å². The summed E-state index contributed by atoms with van der Waals surface area (Å²) >= 11 is 0. The van der Waals surface area contributed by atoms with Crippen molar-refractivity contribution in [3.05, 3.63) is 11.7 Å². The summed E-state index contributed by atoms with van der Waals surface area (Å²) in [5, 5.41) is 6.99. The van der Waals surface area contributed by atoms with Crippen LogP contribution in [0.3, 0.4) is 0 Å². The molecular weight excluding hydrogens is 194 g/mol. The zero-order valence-electron chi connectivity index (χ0n) is 9.45. The van der Waals surface area contributed by atoms with E-state index in [1.54, 1.807) is 0 Å². The third-order valence-corrected chi connectivity index (χ3v) is 1.88. The molecule has 0 atom stereocenters. The number of nitrogens with zero attached hydrogens (tertiary/aromatic N) is 2. The van der Waals surface area contributed by atoms with Crippen molar-refractivity contribution in [3.63, 3.8) is 0 Å². The van der Waals surface area contributed by atoms with E-state index in [-0.39, 0.29) is 0 Å². The Morgan fingerprint density at radius 1 is 1.40 bits per heavy atom. The number of ether oxygens (including phenoxy) is 1. The van der Waals surface area contributed by atoms with Crippen molar-refractivity contribution in [2.24, 2.45) is 0 Å². The second kappa shape index (κ2) is 7.36. The summed E-state index contributed by atoms with van der Waals surface area (Å²) < 4.78 is 10.4. The molecule has 0 spiro atoms. The van der Waals surface area contributed by atoms with Crippen LogP contribution >= 0.6 is 0 Å². The lowest BCUT2D eigenvalue weighted by Gasteiger charge is -2.00. The maximum absolute atomic E-state index is 5.37. The topological polar surface area (TPSA) is 60.2 Å². The van der Waals surface area contributed by atoms with Crippen LogP contribution < -0.4 is 5.32 Å². The number of aryl methyl sites for hydroxylation is 1. The first-order valence-corrected chi connectivity index (χ1v) is 5.46. The highest BCUT2D eigenvalue weighted by molar-refractivity contribution is 4.84. The van der Waals surface area contributed by atoms with Gasteiger partial charge in [-0.05, 0) is 13.0 Å². The number of hydrogen-bond donors (Lipinski definition) is 1. The molecule has 0 aliphatic rings. The maximum Gasteiger partial charge on any atom is 0.226 e. The molecule has 1 rings (SSSR count). The third-order valence-electron chi connectivity index (χ3n) is 1.88. The summed E-state index contributed by atoms with van der Waals surface area (Å²) in [5.74, 6) is 1.33. The lowest BCUT2D eigenvalue weighted by molar-refractivity contribution is 0.116. The molecule has 0 aromatic carbocycles. The molecule has 86 valence electrons. The van der Waals surface area contributed by atoms with Crippen molar-refractivity contribution < 1.29 is 9.26 Å². The molecule has 1 aromatic heterocycles. The van der Waals surface area contributed by atoms with Crippen LogP contribution in [-0.4, -0.2) is 29.8 Å². The maximum atomic E-state index is 5.37. The van der Waals surface area contributed by atoms with Gasteiger partial charge in [0.05, 0.1) is 6.61 Å². The Kier molecular flexibility index (Phi) is 5.96. The monoisotopic (exact) mass is 213 g/mol. The van der Waals surface area contributed by atoms with Crippen molar-refractivity contribution in [1.29, 1.82) is 0 Å². The number of aromatic nitrogens is 2. The van der Waals surface area contributed by atoms with Gasteiger partial charge in [0.1, 0.15) is 6.61 Å². The van der Waals surface area contributed by atoms with Crippen LogP contribution in [0.5, 0.6) is 0 Å². The van der Waals surface area contributed by atoms with Crippen molar-refractivity contribution in [2.75, 3.05) is 19.7 Å². The molecule has 0 aliphatic heterocycles. The molecule has 0 fully saturated rings. The first-order valence-electron chi connectivity index (χ1n) is 5.46. The van der Waals surface area contributed by atoms with Gasteiger partial charge in [-0.3, -0.25) is 0 Å². The van der Waals surface area contributed by atoms with E-state index in [0.717, 1.165) is 25.9 Å². The fourth-order valence-electron chi connectivity index (χ4n) is 1.15. The highest BCUT2D eigenvalue weighted by Gasteiger charge is 2.04. The predicted molar refractivity (Wildman–Crippen MR) is 56.5 cm³/mol. The minimum Gasteiger partial charge on any atom is -0.372 e. The van der Waals surface area contributed by atoms with E-state index in [1.807, 2.05) is 0 Å². The summed E-state index contributed by atoms with van der Waals surface area (Å²) in [6, 6.07) is 0. The van der Waals surface area contributed by atoms with E-state index in [9.17, 15) is 0 Å². The average Bonchev–Trinajstić information content (AvgIpc) is 2.66. The number of likely N-dealkylation sites (N-methyl/N-ethyl adjacent to an activating group) is 1. The van der Waals surface area contributed by atoms with Gasteiger partial charge in [0.2, 0.25) is 5.89 Å². The smallest absolute Gasteiger partial charge is 0.226 e. The molecule has 1 N–H and O–H groups in total. The molecule has 5 nitrogen and oxygen atoms in total. The number of hydrogen-bond acceptors (Lipinski definition) is 5. The fourth-order valence-corrected chi connectivity index (χ4v) is 1.15. The summed E-state index contributed by atoms with van der Waals surface area (Å²) in [6.45, 7) is 7.07. The Morgan fingerprint density at radius 3 is 3.00 bits per heavy atom. The van der Waals surface area contributed by atoms with Gasteiger partial charge in [-0.2, -0.15) is 4.98 Å². The van der Waals surface area contributed by atoms with Crippen molar-refractivity contribution in [2.45, 2.75) is 33.3 Å². The second-order valence-electron chi connectivity index (χ2n) is 3.26. The van der Waals surface area contributed by atoms with Gasteiger partial charge in [-0.1, -0.05) is 19.0 Å². The summed E-state index contributed by atoms with van der Waals surface area (Å²) in [6.07, 6.45) is 1.85. The van der Waals surface area contributed by atoms with Crippen LogP contribution in [0.2, 0.25) is 0 Å². The Bertz CT molecular complexity index is 263. The molecular formula is C10H19N3O2. The highest BCUT2D eigenvalue weighted by Crippen LogP contribution is 2.01. The van der Waals surface area contributed by atoms with E-state index < -0.39 is 0 Å². The molecule has 0 saturated carbocycles. The molecule has 0 aliphatic carbocycles. The first kappa shape index (κ1) is 12.1. The van der Waals surface area contributed by atoms with E-state index >= 15 is 0 Å². The quantitative estimate of drug-likeness (QED) is 0.656. The standard InChI is InChI=1S/C10H19N3O2/c1-3-5-10-12-9(13-15-10)8-14-7-6-11-4-2/h11H,3-8H2,1-2H3. The van der Waals surface area contributed by atoms with E-state index in [4.69, 9.17) is 9.26 Å². The molecule has 0 unspecified atom stereocenters. The Balaban J connectivity index is 2.14. The van der Waals surface area contributed by atoms with Gasteiger partial charge in [0.15, 0.2) is 5.82 Å². The number of nitrogens with one attached hydrogen (secondary N) is 1. The lowest BCUT2D eigenvalue weighted by Crippen LogP contribution is -2.18. The van der Waals surface area contributed by atoms with Gasteiger partial charge >= 0.3 is 0 Å². The molecule has 0 saturated heterocycles. The SMILES string of the molecule is CCCc1nc(COCCNCC)no1. The van der Waals surface area contributed by atoms with Crippen LogP contribution in [0, 0.1) is 0 Å². The average molecular weight is 213 g/mol. The Morgan fingerprint density at radius 2 is 2.27 bits per heavy atom.